The van der Waals surface area contributed by atoms with Crippen molar-refractivity contribution in [1.82, 2.24) is 0 Å². The van der Waals surface area contributed by atoms with Gasteiger partial charge in [0.15, 0.2) is 0 Å². The topological polar surface area (TPSA) is 67.4 Å². The number of esters is 1. The molecule has 6 heteroatoms. The molecule has 24 heavy (non-hydrogen) atoms. The largest absolute Gasteiger partial charge is 0.462 e. The number of nitrogens with one attached hydrogen (secondary N) is 2. The molecule has 1 amide bonds. The van der Waals surface area contributed by atoms with E-state index in [0.717, 1.165) is 22.3 Å². The molecule has 0 atom stereocenters. The molecule has 0 aliphatic carbocycles. The van der Waals surface area contributed by atoms with Crippen LogP contribution < -0.4 is 10.6 Å². The van der Waals surface area contributed by atoms with Gasteiger partial charge in [-0.3, -0.25) is 4.79 Å². The van der Waals surface area contributed by atoms with E-state index in [1.54, 1.807) is 24.3 Å². The van der Waals surface area contributed by atoms with Crippen molar-refractivity contribution in [2.75, 3.05) is 23.8 Å². The highest BCUT2D eigenvalue weighted by atomic mass is 79.9. The molecule has 5 nitrogen and oxygen atoms in total. The summed E-state index contributed by atoms with van der Waals surface area (Å²) in [6, 6.07) is 14.2. The van der Waals surface area contributed by atoms with Gasteiger partial charge in [-0.2, -0.15) is 0 Å². The normalized spacial score (nSPS) is 10.1. The second-order valence-corrected chi connectivity index (χ2v) is 6.04. The van der Waals surface area contributed by atoms with Crippen molar-refractivity contribution >= 4 is 39.2 Å². The Morgan fingerprint density at radius 2 is 1.83 bits per heavy atom. The molecule has 2 aromatic carbocycles. The van der Waals surface area contributed by atoms with E-state index in [-0.39, 0.29) is 18.4 Å². The number of carbonyl (C=O) groups is 2. The van der Waals surface area contributed by atoms with Gasteiger partial charge in [-0.25, -0.2) is 4.79 Å². The highest BCUT2D eigenvalue weighted by Crippen LogP contribution is 2.15. The second-order valence-electron chi connectivity index (χ2n) is 5.13. The van der Waals surface area contributed by atoms with Gasteiger partial charge in [0.2, 0.25) is 5.91 Å². The number of benzene rings is 2. The minimum atomic E-state index is -0.337. The zero-order chi connectivity index (χ0) is 17.4. The molecule has 126 valence electrons. The summed E-state index contributed by atoms with van der Waals surface area (Å²) < 4.78 is 5.97. The maximum Gasteiger partial charge on any atom is 0.338 e. The molecule has 2 aromatic rings. The van der Waals surface area contributed by atoms with Crippen LogP contribution in [0.1, 0.15) is 23.7 Å². The van der Waals surface area contributed by atoms with Crippen molar-refractivity contribution in [2.24, 2.45) is 0 Å². The van der Waals surface area contributed by atoms with Gasteiger partial charge in [-0.1, -0.05) is 28.9 Å². The molecule has 0 saturated heterocycles. The van der Waals surface area contributed by atoms with Crippen LogP contribution in [0.5, 0.6) is 0 Å². The summed E-state index contributed by atoms with van der Waals surface area (Å²) in [7, 11) is 0. The minimum absolute atomic E-state index is 0.131. The van der Waals surface area contributed by atoms with E-state index in [1.807, 2.05) is 31.2 Å². The maximum absolute atomic E-state index is 11.9. The van der Waals surface area contributed by atoms with Gasteiger partial charge < -0.3 is 15.4 Å². The number of hydrogen-bond donors (Lipinski definition) is 2. The van der Waals surface area contributed by atoms with Crippen LogP contribution in [0.2, 0.25) is 0 Å². The van der Waals surface area contributed by atoms with Crippen molar-refractivity contribution in [3.8, 4) is 0 Å². The quantitative estimate of drug-likeness (QED) is 0.699. The molecule has 0 aromatic heterocycles. The Morgan fingerprint density at radius 1 is 1.08 bits per heavy atom. The number of amides is 1. The third kappa shape index (κ3) is 5.70. The highest BCUT2D eigenvalue weighted by Gasteiger charge is 2.07. The first-order chi connectivity index (χ1) is 11.6. The van der Waals surface area contributed by atoms with E-state index in [1.165, 1.54) is 0 Å². The predicted octanol–water partition coefficient (Wildman–Crippen LogP) is 4.07. The Balaban J connectivity index is 1.83. The third-order valence-corrected chi connectivity index (χ3v) is 3.61. The maximum atomic E-state index is 11.9. The van der Waals surface area contributed by atoms with Crippen LogP contribution in [0.25, 0.3) is 0 Å². The number of halogens is 1. The molecule has 2 rings (SSSR count). The van der Waals surface area contributed by atoms with Gasteiger partial charge in [-0.05, 0) is 48.9 Å². The standard InChI is InChI=1S/C18H19BrN2O3/c1-2-10-24-18(23)13-6-8-15(9-7-13)20-12-17(22)21-16-5-3-4-14(19)11-16/h3-9,11,20H,2,10,12H2,1H3,(H,21,22). The average Bonchev–Trinajstić information content (AvgIpc) is 2.58. The van der Waals surface area contributed by atoms with Crippen LogP contribution in [0.15, 0.2) is 53.0 Å². The van der Waals surface area contributed by atoms with E-state index in [0.29, 0.717) is 12.2 Å². The molecule has 0 radical (unpaired) electrons. The first-order valence-corrected chi connectivity index (χ1v) is 8.44. The zero-order valence-corrected chi connectivity index (χ0v) is 14.9. The summed E-state index contributed by atoms with van der Waals surface area (Å²) in [5, 5.41) is 5.81. The average molecular weight is 391 g/mol. The van der Waals surface area contributed by atoms with Crippen LogP contribution in [0.3, 0.4) is 0 Å². The molecule has 0 bridgehead atoms. The Morgan fingerprint density at radius 3 is 2.50 bits per heavy atom. The molecule has 0 aliphatic heterocycles. The molecule has 0 aliphatic rings. The summed E-state index contributed by atoms with van der Waals surface area (Å²) in [4.78, 5) is 23.6. The van der Waals surface area contributed by atoms with Gasteiger partial charge >= 0.3 is 5.97 Å². The lowest BCUT2D eigenvalue weighted by molar-refractivity contribution is -0.114. The van der Waals surface area contributed by atoms with Gasteiger partial charge in [0.25, 0.3) is 0 Å². The lowest BCUT2D eigenvalue weighted by atomic mass is 10.2. The Kier molecular flexibility index (Phi) is 6.81. The number of anilines is 2. The molecule has 0 spiro atoms. The van der Waals surface area contributed by atoms with Gasteiger partial charge in [0.1, 0.15) is 0 Å². The highest BCUT2D eigenvalue weighted by molar-refractivity contribution is 9.10. The Bertz CT molecular complexity index is 702. The van der Waals surface area contributed by atoms with Crippen LogP contribution in [0, 0.1) is 0 Å². The fourth-order valence-electron chi connectivity index (χ4n) is 1.96. The Hall–Kier alpha value is -2.34. The molecule has 2 N–H and O–H groups in total. The van der Waals surface area contributed by atoms with E-state index < -0.39 is 0 Å². The minimum Gasteiger partial charge on any atom is -0.462 e. The molecule has 0 saturated carbocycles. The van der Waals surface area contributed by atoms with E-state index >= 15 is 0 Å². The monoisotopic (exact) mass is 390 g/mol. The summed E-state index contributed by atoms with van der Waals surface area (Å²) in [6.45, 7) is 2.49. The van der Waals surface area contributed by atoms with E-state index in [2.05, 4.69) is 26.6 Å². The van der Waals surface area contributed by atoms with Crippen molar-refractivity contribution in [2.45, 2.75) is 13.3 Å². The smallest absolute Gasteiger partial charge is 0.338 e. The summed E-state index contributed by atoms with van der Waals surface area (Å²) in [5.74, 6) is -0.490. The predicted molar refractivity (Wildman–Crippen MR) is 98.3 cm³/mol. The van der Waals surface area contributed by atoms with Crippen LogP contribution in [0.4, 0.5) is 11.4 Å². The molecule has 0 fully saturated rings. The van der Waals surface area contributed by atoms with Gasteiger partial charge in [0, 0.05) is 15.8 Å². The van der Waals surface area contributed by atoms with Crippen LogP contribution >= 0.6 is 15.9 Å². The number of ether oxygens (including phenoxy) is 1. The van der Waals surface area contributed by atoms with Gasteiger partial charge in [0.05, 0.1) is 18.7 Å². The van der Waals surface area contributed by atoms with Crippen LogP contribution in [-0.4, -0.2) is 25.0 Å². The summed E-state index contributed by atoms with van der Waals surface area (Å²) in [5.41, 5.74) is 1.98. The third-order valence-electron chi connectivity index (χ3n) is 3.12. The summed E-state index contributed by atoms with van der Waals surface area (Å²) in [6.07, 6.45) is 0.790. The fraction of sp³-hybridized carbons (Fsp3) is 0.222. The number of carbonyl (C=O) groups excluding carboxylic acids is 2. The lowest BCUT2D eigenvalue weighted by Crippen LogP contribution is -2.21. The lowest BCUT2D eigenvalue weighted by Gasteiger charge is -2.09. The molecular formula is C18H19BrN2O3. The summed E-state index contributed by atoms with van der Waals surface area (Å²) >= 11 is 3.36. The van der Waals surface area contributed by atoms with Crippen molar-refractivity contribution < 1.29 is 14.3 Å². The van der Waals surface area contributed by atoms with Crippen molar-refractivity contribution in [3.05, 3.63) is 58.6 Å². The number of rotatable bonds is 7. The van der Waals surface area contributed by atoms with Crippen molar-refractivity contribution in [1.29, 1.82) is 0 Å². The first kappa shape index (κ1) is 18.0. The SMILES string of the molecule is CCCOC(=O)c1ccc(NCC(=O)Nc2cccc(Br)c2)cc1. The number of hydrogen-bond acceptors (Lipinski definition) is 4. The van der Waals surface area contributed by atoms with Crippen molar-refractivity contribution in [3.63, 3.8) is 0 Å². The van der Waals surface area contributed by atoms with E-state index in [9.17, 15) is 9.59 Å². The molecule has 0 heterocycles. The molecule has 0 unspecified atom stereocenters. The van der Waals surface area contributed by atoms with Crippen LogP contribution in [-0.2, 0) is 9.53 Å². The van der Waals surface area contributed by atoms with Gasteiger partial charge in [-0.15, -0.1) is 0 Å². The second kappa shape index (κ2) is 9.08. The first-order valence-electron chi connectivity index (χ1n) is 7.65. The van der Waals surface area contributed by atoms with E-state index in [4.69, 9.17) is 4.74 Å². The zero-order valence-electron chi connectivity index (χ0n) is 13.3. The Labute approximate surface area is 149 Å². The molecular weight excluding hydrogens is 372 g/mol. The fourth-order valence-corrected chi connectivity index (χ4v) is 2.36.